The molecule has 0 amide bonds. The standard InChI is InChI=1S/C31H32N2O/c1-34-29-20-12-11-15-25(29)22-32-30-21-26(24-13-5-2-6-14-24)23-33-31(30,27-16-7-3-8-17-27)28-18-9-4-10-19-28/h2-20,26,30,32-33H,21-23H2,1H3. The molecule has 4 aromatic carbocycles. The molecule has 5 rings (SSSR count). The molecule has 1 aliphatic rings. The van der Waals surface area contributed by atoms with Crippen LogP contribution in [0.4, 0.5) is 0 Å². The lowest BCUT2D eigenvalue weighted by Crippen LogP contribution is -2.62. The number of nitrogens with one attached hydrogen (secondary N) is 2. The van der Waals surface area contributed by atoms with E-state index >= 15 is 0 Å². The lowest BCUT2D eigenvalue weighted by atomic mass is 9.70. The normalized spacial score (nSPS) is 19.4. The van der Waals surface area contributed by atoms with E-state index in [4.69, 9.17) is 4.74 Å². The second kappa shape index (κ2) is 10.3. The van der Waals surface area contributed by atoms with Crippen LogP contribution in [-0.4, -0.2) is 19.7 Å². The van der Waals surface area contributed by atoms with Gasteiger partial charge in [-0.25, -0.2) is 0 Å². The number of para-hydroxylation sites is 1. The van der Waals surface area contributed by atoms with Gasteiger partial charge in [0.2, 0.25) is 0 Å². The van der Waals surface area contributed by atoms with E-state index in [2.05, 4.69) is 114 Å². The van der Waals surface area contributed by atoms with E-state index in [1.807, 2.05) is 12.1 Å². The average Bonchev–Trinajstić information content (AvgIpc) is 2.93. The summed E-state index contributed by atoms with van der Waals surface area (Å²) in [6.07, 6.45) is 1.02. The topological polar surface area (TPSA) is 33.3 Å². The molecule has 2 atom stereocenters. The molecule has 0 saturated carbocycles. The van der Waals surface area contributed by atoms with Gasteiger partial charge >= 0.3 is 0 Å². The zero-order chi connectivity index (χ0) is 23.2. The van der Waals surface area contributed by atoms with Crippen molar-refractivity contribution in [2.45, 2.75) is 30.5 Å². The number of methoxy groups -OCH3 is 1. The third kappa shape index (κ3) is 4.37. The highest BCUT2D eigenvalue weighted by molar-refractivity contribution is 5.43. The summed E-state index contributed by atoms with van der Waals surface area (Å²) in [5, 5.41) is 7.99. The molecule has 3 heteroatoms. The van der Waals surface area contributed by atoms with Crippen molar-refractivity contribution in [1.82, 2.24) is 10.6 Å². The Balaban J connectivity index is 1.56. The van der Waals surface area contributed by atoms with Gasteiger partial charge in [0.1, 0.15) is 5.75 Å². The molecule has 1 saturated heterocycles. The van der Waals surface area contributed by atoms with Crippen molar-refractivity contribution in [2.75, 3.05) is 13.7 Å². The summed E-state index contributed by atoms with van der Waals surface area (Å²) in [4.78, 5) is 0. The second-order valence-corrected chi connectivity index (χ2v) is 9.01. The Morgan fingerprint density at radius 2 is 1.32 bits per heavy atom. The predicted octanol–water partition coefficient (Wildman–Crippen LogP) is 5.87. The van der Waals surface area contributed by atoms with Crippen LogP contribution < -0.4 is 15.4 Å². The Labute approximate surface area is 202 Å². The fourth-order valence-corrected chi connectivity index (χ4v) is 5.42. The van der Waals surface area contributed by atoms with Gasteiger partial charge in [0.25, 0.3) is 0 Å². The minimum atomic E-state index is -0.337. The van der Waals surface area contributed by atoms with Crippen LogP contribution in [0.1, 0.15) is 34.6 Å². The molecule has 1 heterocycles. The van der Waals surface area contributed by atoms with Crippen molar-refractivity contribution in [1.29, 1.82) is 0 Å². The summed E-state index contributed by atoms with van der Waals surface area (Å²) in [7, 11) is 1.74. The molecule has 0 spiro atoms. The smallest absolute Gasteiger partial charge is 0.123 e. The molecule has 2 unspecified atom stereocenters. The maximum absolute atomic E-state index is 5.64. The van der Waals surface area contributed by atoms with Gasteiger partial charge in [-0.1, -0.05) is 109 Å². The van der Waals surface area contributed by atoms with E-state index in [1.165, 1.54) is 22.3 Å². The molecular weight excluding hydrogens is 416 g/mol. The van der Waals surface area contributed by atoms with Crippen LogP contribution in [0, 0.1) is 0 Å². The fraction of sp³-hybridized carbons (Fsp3) is 0.226. The van der Waals surface area contributed by atoms with Crippen LogP contribution in [0.2, 0.25) is 0 Å². The monoisotopic (exact) mass is 448 g/mol. The van der Waals surface area contributed by atoms with Crippen molar-refractivity contribution in [2.24, 2.45) is 0 Å². The lowest BCUT2D eigenvalue weighted by molar-refractivity contribution is 0.205. The summed E-state index contributed by atoms with van der Waals surface area (Å²) in [5.74, 6) is 1.35. The van der Waals surface area contributed by atoms with Crippen LogP contribution >= 0.6 is 0 Å². The summed E-state index contributed by atoms with van der Waals surface area (Å²) in [6.45, 7) is 1.65. The van der Waals surface area contributed by atoms with E-state index in [9.17, 15) is 0 Å². The first-order valence-corrected chi connectivity index (χ1v) is 12.1. The van der Waals surface area contributed by atoms with Gasteiger partial charge in [0.15, 0.2) is 0 Å². The van der Waals surface area contributed by atoms with Gasteiger partial charge in [0.05, 0.1) is 12.6 Å². The van der Waals surface area contributed by atoms with Crippen LogP contribution in [0.5, 0.6) is 5.75 Å². The predicted molar refractivity (Wildman–Crippen MR) is 139 cm³/mol. The minimum absolute atomic E-state index is 0.168. The van der Waals surface area contributed by atoms with E-state index in [0.717, 1.165) is 25.3 Å². The zero-order valence-corrected chi connectivity index (χ0v) is 19.7. The quantitative estimate of drug-likeness (QED) is 0.371. The van der Waals surface area contributed by atoms with Crippen LogP contribution in [0.25, 0.3) is 0 Å². The highest BCUT2D eigenvalue weighted by Gasteiger charge is 2.46. The van der Waals surface area contributed by atoms with E-state index in [0.29, 0.717) is 5.92 Å². The first kappa shape index (κ1) is 22.4. The van der Waals surface area contributed by atoms with Crippen molar-refractivity contribution >= 4 is 0 Å². The Kier molecular flexibility index (Phi) is 6.75. The van der Waals surface area contributed by atoms with Gasteiger partial charge in [-0.05, 0) is 35.1 Å². The molecule has 2 N–H and O–H groups in total. The minimum Gasteiger partial charge on any atom is -0.496 e. The fourth-order valence-electron chi connectivity index (χ4n) is 5.42. The van der Waals surface area contributed by atoms with Crippen molar-refractivity contribution in [3.63, 3.8) is 0 Å². The van der Waals surface area contributed by atoms with E-state index in [1.54, 1.807) is 7.11 Å². The first-order valence-electron chi connectivity index (χ1n) is 12.1. The first-order chi connectivity index (χ1) is 16.8. The maximum Gasteiger partial charge on any atom is 0.123 e. The molecule has 4 aromatic rings. The number of piperidine rings is 1. The molecule has 0 aromatic heterocycles. The van der Waals surface area contributed by atoms with E-state index < -0.39 is 0 Å². The largest absolute Gasteiger partial charge is 0.496 e. The molecule has 1 fully saturated rings. The third-order valence-corrected chi connectivity index (χ3v) is 7.13. The summed E-state index contributed by atoms with van der Waals surface area (Å²) in [6, 6.07) is 41.1. The number of benzene rings is 4. The SMILES string of the molecule is COc1ccccc1CNC1CC(c2ccccc2)CNC1(c1ccccc1)c1ccccc1. The average molecular weight is 449 g/mol. The number of rotatable bonds is 7. The number of ether oxygens (including phenoxy) is 1. The number of hydrogen-bond donors (Lipinski definition) is 2. The maximum atomic E-state index is 5.64. The van der Waals surface area contributed by atoms with Gasteiger partial charge in [-0.15, -0.1) is 0 Å². The van der Waals surface area contributed by atoms with Gasteiger partial charge in [-0.3, -0.25) is 0 Å². The number of hydrogen-bond acceptors (Lipinski definition) is 3. The molecule has 0 radical (unpaired) electrons. The molecular formula is C31H32N2O. The molecule has 3 nitrogen and oxygen atoms in total. The Hall–Kier alpha value is -3.40. The van der Waals surface area contributed by atoms with Crippen molar-refractivity contribution in [3.8, 4) is 5.75 Å². The van der Waals surface area contributed by atoms with Gasteiger partial charge in [0, 0.05) is 24.7 Å². The highest BCUT2D eigenvalue weighted by Crippen LogP contribution is 2.41. The van der Waals surface area contributed by atoms with Crippen LogP contribution in [-0.2, 0) is 12.1 Å². The third-order valence-electron chi connectivity index (χ3n) is 7.13. The van der Waals surface area contributed by atoms with Gasteiger partial charge < -0.3 is 15.4 Å². The van der Waals surface area contributed by atoms with Gasteiger partial charge in [-0.2, -0.15) is 0 Å². The van der Waals surface area contributed by atoms with Crippen molar-refractivity contribution in [3.05, 3.63) is 138 Å². The molecule has 1 aliphatic heterocycles. The lowest BCUT2D eigenvalue weighted by Gasteiger charge is -2.49. The molecule has 0 bridgehead atoms. The summed E-state index contributed by atoms with van der Waals surface area (Å²) >= 11 is 0. The summed E-state index contributed by atoms with van der Waals surface area (Å²) in [5.41, 5.74) is 4.78. The van der Waals surface area contributed by atoms with Crippen LogP contribution in [0.15, 0.2) is 115 Å². The zero-order valence-electron chi connectivity index (χ0n) is 19.7. The highest BCUT2D eigenvalue weighted by atomic mass is 16.5. The molecule has 0 aliphatic carbocycles. The van der Waals surface area contributed by atoms with E-state index in [-0.39, 0.29) is 11.6 Å². The second-order valence-electron chi connectivity index (χ2n) is 9.01. The van der Waals surface area contributed by atoms with Crippen LogP contribution in [0.3, 0.4) is 0 Å². The Morgan fingerprint density at radius 3 is 1.94 bits per heavy atom. The van der Waals surface area contributed by atoms with Crippen molar-refractivity contribution < 1.29 is 4.74 Å². The Bertz CT molecular complexity index is 1140. The summed E-state index contributed by atoms with van der Waals surface area (Å²) < 4.78 is 5.64. The Morgan fingerprint density at radius 1 is 0.765 bits per heavy atom. The molecule has 34 heavy (non-hydrogen) atoms. The molecule has 172 valence electrons.